The van der Waals surface area contributed by atoms with Crippen molar-refractivity contribution < 1.29 is 37.5 Å². The zero-order valence-electron chi connectivity index (χ0n) is 9.32. The van der Waals surface area contributed by atoms with Crippen molar-refractivity contribution in [1.29, 1.82) is 0 Å². The Morgan fingerprint density at radius 2 is 1.69 bits per heavy atom. The molecule has 13 heavy (non-hydrogen) atoms. The van der Waals surface area contributed by atoms with Gasteiger partial charge in [-0.2, -0.15) is 0 Å². The van der Waals surface area contributed by atoms with E-state index in [1.54, 1.807) is 0 Å². The number of hydroxylamine groups is 2. The Bertz CT molecular complexity index is 134. The van der Waals surface area contributed by atoms with Gasteiger partial charge in [0.05, 0.1) is 6.10 Å². The minimum absolute atomic E-state index is 0. The first-order chi connectivity index (χ1) is 5.52. The van der Waals surface area contributed by atoms with Gasteiger partial charge in [0, 0.05) is 32.7 Å². The number of nitrogens with zero attached hydrogens (tertiary/aromatic N) is 1. The van der Waals surface area contributed by atoms with E-state index >= 15 is 0 Å². The molecular formula is C10H20NOY-. The summed E-state index contributed by atoms with van der Waals surface area (Å²) in [6.07, 6.45) is 0.370. The summed E-state index contributed by atoms with van der Waals surface area (Å²) in [7, 11) is 1.97. The first-order valence-electron chi connectivity index (χ1n) is 4.77. The fraction of sp³-hybridized carbons (Fsp3) is 0.900. The van der Waals surface area contributed by atoms with Crippen molar-refractivity contribution in [3.8, 4) is 0 Å². The van der Waals surface area contributed by atoms with Crippen LogP contribution in [0.5, 0.6) is 0 Å². The van der Waals surface area contributed by atoms with E-state index < -0.39 is 0 Å². The van der Waals surface area contributed by atoms with E-state index in [0.717, 1.165) is 0 Å². The van der Waals surface area contributed by atoms with Gasteiger partial charge in [0.2, 0.25) is 0 Å². The molecule has 0 aromatic carbocycles. The summed E-state index contributed by atoms with van der Waals surface area (Å²) in [5.41, 5.74) is 0. The molecule has 0 N–H and O–H groups in total. The maximum absolute atomic E-state index is 5.67. The largest absolute Gasteiger partial charge is 0.339 e. The van der Waals surface area contributed by atoms with Crippen LogP contribution in [0.2, 0.25) is 0 Å². The molecule has 2 atom stereocenters. The van der Waals surface area contributed by atoms with Gasteiger partial charge in [0.15, 0.2) is 0 Å². The molecular weight excluding hydrogens is 239 g/mol. The summed E-state index contributed by atoms with van der Waals surface area (Å²) in [5, 5.41) is 1.86. The van der Waals surface area contributed by atoms with Crippen molar-refractivity contribution >= 4 is 0 Å². The van der Waals surface area contributed by atoms with Gasteiger partial charge in [-0.05, 0) is 13.0 Å². The summed E-state index contributed by atoms with van der Waals surface area (Å²) in [6, 6.07) is 0. The second kappa shape index (κ2) is 5.80. The molecule has 0 aromatic heterocycles. The number of hydrogen-bond acceptors (Lipinski definition) is 2. The minimum atomic E-state index is 0. The molecule has 0 bridgehead atoms. The molecule has 0 aromatic rings. The Kier molecular flexibility index (Phi) is 6.25. The van der Waals surface area contributed by atoms with Crippen LogP contribution in [0, 0.1) is 24.3 Å². The van der Waals surface area contributed by atoms with E-state index in [9.17, 15) is 0 Å². The van der Waals surface area contributed by atoms with Crippen LogP contribution in [-0.4, -0.2) is 18.2 Å². The van der Waals surface area contributed by atoms with Crippen LogP contribution in [0.15, 0.2) is 0 Å². The number of hydrogen-bond donors (Lipinski definition) is 0. The number of rotatable bonds is 2. The molecule has 2 nitrogen and oxygen atoms in total. The summed E-state index contributed by atoms with van der Waals surface area (Å²) in [5.74, 6) is 1.84. The summed E-state index contributed by atoms with van der Waals surface area (Å²) in [4.78, 5) is 5.67. The van der Waals surface area contributed by atoms with E-state index in [2.05, 4.69) is 34.2 Å². The first kappa shape index (κ1) is 14.0. The standard InChI is InChI=1S/C10H20NO.Y/c1-7(2)9-6-11(5)12-10(9)8(3)4;/h6-10H,1-5H3;/q-1;. The smallest absolute Gasteiger partial charge is 0.0555 e. The average Bonchev–Trinajstić information content (AvgIpc) is 2.31. The normalized spacial score (nSPS) is 29.8. The molecule has 1 radical (unpaired) electrons. The van der Waals surface area contributed by atoms with Gasteiger partial charge in [-0.1, -0.05) is 33.6 Å². The molecule has 1 rings (SSSR count). The van der Waals surface area contributed by atoms with Crippen molar-refractivity contribution in [1.82, 2.24) is 5.06 Å². The molecule has 1 fully saturated rings. The van der Waals surface area contributed by atoms with Crippen LogP contribution in [0.3, 0.4) is 0 Å². The fourth-order valence-electron chi connectivity index (χ4n) is 1.74. The Morgan fingerprint density at radius 3 is 2.00 bits per heavy atom. The molecule has 3 heteroatoms. The SMILES string of the molecule is CC(C)C1[CH-]N(C)OC1C(C)C.[Y]. The zero-order chi connectivity index (χ0) is 9.30. The molecule has 75 valence electrons. The molecule has 0 amide bonds. The Morgan fingerprint density at radius 1 is 1.15 bits per heavy atom. The van der Waals surface area contributed by atoms with Gasteiger partial charge < -0.3 is 9.90 Å². The molecule has 0 saturated carbocycles. The van der Waals surface area contributed by atoms with Crippen molar-refractivity contribution in [3.63, 3.8) is 0 Å². The van der Waals surface area contributed by atoms with Crippen LogP contribution in [0.4, 0.5) is 0 Å². The monoisotopic (exact) mass is 259 g/mol. The van der Waals surface area contributed by atoms with Gasteiger partial charge in [-0.3, -0.25) is 0 Å². The second-order valence-corrected chi connectivity index (χ2v) is 4.33. The summed E-state index contributed by atoms with van der Waals surface area (Å²) < 4.78 is 0. The molecule has 1 heterocycles. The van der Waals surface area contributed by atoms with Crippen molar-refractivity contribution in [2.45, 2.75) is 33.8 Å². The third kappa shape index (κ3) is 3.58. The predicted octanol–water partition coefficient (Wildman–Crippen LogP) is 2.32. The third-order valence-corrected chi connectivity index (χ3v) is 2.48. The molecule has 1 saturated heterocycles. The van der Waals surface area contributed by atoms with Gasteiger partial charge >= 0.3 is 0 Å². The van der Waals surface area contributed by atoms with E-state index in [4.69, 9.17) is 4.84 Å². The van der Waals surface area contributed by atoms with Gasteiger partial charge in [0.1, 0.15) is 0 Å². The van der Waals surface area contributed by atoms with Gasteiger partial charge in [-0.25, -0.2) is 6.54 Å². The van der Waals surface area contributed by atoms with E-state index in [1.165, 1.54) is 0 Å². The van der Waals surface area contributed by atoms with Crippen molar-refractivity contribution in [2.24, 2.45) is 17.8 Å². The molecule has 0 aliphatic carbocycles. The van der Waals surface area contributed by atoms with Gasteiger partial charge in [-0.15, -0.1) is 5.92 Å². The zero-order valence-corrected chi connectivity index (χ0v) is 12.2. The second-order valence-electron chi connectivity index (χ2n) is 4.33. The quantitative estimate of drug-likeness (QED) is 0.706. The van der Waals surface area contributed by atoms with E-state index in [-0.39, 0.29) is 32.7 Å². The topological polar surface area (TPSA) is 12.5 Å². The minimum Gasteiger partial charge on any atom is -0.339 e. The Hall–Kier alpha value is 1.02. The Labute approximate surface area is 107 Å². The van der Waals surface area contributed by atoms with Crippen LogP contribution in [-0.2, 0) is 37.5 Å². The Balaban J connectivity index is 0.00000144. The van der Waals surface area contributed by atoms with Crippen LogP contribution < -0.4 is 0 Å². The maximum atomic E-state index is 5.67. The molecule has 2 unspecified atom stereocenters. The van der Waals surface area contributed by atoms with Gasteiger partial charge in [0.25, 0.3) is 0 Å². The molecule has 0 spiro atoms. The van der Waals surface area contributed by atoms with Crippen molar-refractivity contribution in [2.75, 3.05) is 7.05 Å². The van der Waals surface area contributed by atoms with E-state index in [1.807, 2.05) is 12.1 Å². The molecule has 1 aliphatic rings. The van der Waals surface area contributed by atoms with Crippen LogP contribution in [0.1, 0.15) is 27.7 Å². The summed E-state index contributed by atoms with van der Waals surface area (Å²) in [6.45, 7) is 11.1. The summed E-state index contributed by atoms with van der Waals surface area (Å²) >= 11 is 0. The van der Waals surface area contributed by atoms with E-state index in [0.29, 0.717) is 23.9 Å². The molecule has 1 aliphatic heterocycles. The van der Waals surface area contributed by atoms with Crippen molar-refractivity contribution in [3.05, 3.63) is 6.54 Å². The first-order valence-corrected chi connectivity index (χ1v) is 4.77. The predicted molar refractivity (Wildman–Crippen MR) is 50.1 cm³/mol. The van der Waals surface area contributed by atoms with Crippen LogP contribution >= 0.6 is 0 Å². The third-order valence-electron chi connectivity index (χ3n) is 2.48. The average molecular weight is 259 g/mol. The van der Waals surface area contributed by atoms with Crippen LogP contribution in [0.25, 0.3) is 0 Å². The maximum Gasteiger partial charge on any atom is 0.0555 e. The fourth-order valence-corrected chi connectivity index (χ4v) is 1.74.